The molecule has 2 N–H and O–H groups in total. The second kappa shape index (κ2) is 6.93. The van der Waals surface area contributed by atoms with Gasteiger partial charge in [0.15, 0.2) is 0 Å². The van der Waals surface area contributed by atoms with E-state index in [2.05, 4.69) is 11.8 Å². The first-order valence-electron chi connectivity index (χ1n) is 6.26. The maximum Gasteiger partial charge on any atom is 0.323 e. The Morgan fingerprint density at radius 2 is 2.29 bits per heavy atom. The molecule has 0 aliphatic carbocycles. The number of esters is 1. The number of ether oxygens (including phenoxy) is 2. The van der Waals surface area contributed by atoms with Gasteiger partial charge in [-0.3, -0.25) is 9.69 Å². The minimum Gasteiger partial charge on any atom is -0.463 e. The highest BCUT2D eigenvalue weighted by Crippen LogP contribution is 2.06. The molecule has 0 spiro atoms. The van der Waals surface area contributed by atoms with E-state index in [1.165, 1.54) is 0 Å². The minimum atomic E-state index is -0.517. The van der Waals surface area contributed by atoms with Crippen LogP contribution in [0.1, 0.15) is 20.8 Å². The third-order valence-electron chi connectivity index (χ3n) is 3.12. The van der Waals surface area contributed by atoms with Gasteiger partial charge >= 0.3 is 5.97 Å². The van der Waals surface area contributed by atoms with Crippen LogP contribution in [0.4, 0.5) is 0 Å². The Morgan fingerprint density at radius 3 is 2.88 bits per heavy atom. The van der Waals surface area contributed by atoms with Gasteiger partial charge in [-0.1, -0.05) is 13.8 Å². The molecule has 0 bridgehead atoms. The molecule has 17 heavy (non-hydrogen) atoms. The molecule has 1 aliphatic rings. The Bertz CT molecular complexity index is 246. The van der Waals surface area contributed by atoms with Crippen LogP contribution in [0.3, 0.4) is 0 Å². The molecule has 0 aromatic heterocycles. The summed E-state index contributed by atoms with van der Waals surface area (Å²) in [4.78, 5) is 13.8. The summed E-state index contributed by atoms with van der Waals surface area (Å²) < 4.78 is 10.5. The molecule has 1 aliphatic heterocycles. The van der Waals surface area contributed by atoms with Crippen LogP contribution in [0.5, 0.6) is 0 Å². The Balaban J connectivity index is 2.20. The van der Waals surface area contributed by atoms with Gasteiger partial charge in [-0.2, -0.15) is 0 Å². The first-order valence-corrected chi connectivity index (χ1v) is 6.26. The molecule has 0 aromatic carbocycles. The molecule has 2 atom stereocenters. The van der Waals surface area contributed by atoms with Crippen molar-refractivity contribution < 1.29 is 14.3 Å². The smallest absolute Gasteiger partial charge is 0.323 e. The van der Waals surface area contributed by atoms with Crippen molar-refractivity contribution in [1.82, 2.24) is 4.90 Å². The summed E-state index contributed by atoms with van der Waals surface area (Å²) in [5, 5.41) is 0. The lowest BCUT2D eigenvalue weighted by molar-refractivity contribution is -0.147. The molecule has 1 saturated heterocycles. The van der Waals surface area contributed by atoms with E-state index in [4.69, 9.17) is 15.2 Å². The van der Waals surface area contributed by atoms with Gasteiger partial charge in [-0.25, -0.2) is 0 Å². The fourth-order valence-corrected chi connectivity index (χ4v) is 1.73. The van der Waals surface area contributed by atoms with E-state index in [-0.39, 0.29) is 11.9 Å². The van der Waals surface area contributed by atoms with E-state index in [0.29, 0.717) is 12.6 Å². The van der Waals surface area contributed by atoms with E-state index in [1.54, 1.807) is 0 Å². The second-order valence-corrected chi connectivity index (χ2v) is 4.90. The number of carbonyl (C=O) groups is 1. The van der Waals surface area contributed by atoms with Gasteiger partial charge in [0.2, 0.25) is 0 Å². The van der Waals surface area contributed by atoms with Crippen molar-refractivity contribution in [2.75, 3.05) is 32.9 Å². The Kier molecular flexibility index (Phi) is 5.88. The maximum absolute atomic E-state index is 11.5. The molecule has 1 heterocycles. The van der Waals surface area contributed by atoms with Crippen molar-refractivity contribution >= 4 is 5.97 Å². The summed E-state index contributed by atoms with van der Waals surface area (Å²) in [7, 11) is 0. The highest BCUT2D eigenvalue weighted by molar-refractivity contribution is 5.75. The van der Waals surface area contributed by atoms with Crippen LogP contribution in [0.25, 0.3) is 0 Å². The van der Waals surface area contributed by atoms with Crippen LogP contribution in [0.15, 0.2) is 0 Å². The summed E-state index contributed by atoms with van der Waals surface area (Å²) in [6.45, 7) is 9.50. The average Bonchev–Trinajstić information content (AvgIpc) is 2.30. The minimum absolute atomic E-state index is 0.116. The number of nitrogens with zero attached hydrogens (tertiary/aromatic N) is 1. The zero-order valence-corrected chi connectivity index (χ0v) is 11.0. The first kappa shape index (κ1) is 14.4. The molecular formula is C12H24N2O3. The SMILES string of the molecule is CC(C)C(N)C(=O)OCCN1CCOCC1C. The van der Waals surface area contributed by atoms with Crippen LogP contribution in [0.2, 0.25) is 0 Å². The normalized spacial score (nSPS) is 23.7. The fraction of sp³-hybridized carbons (Fsp3) is 0.917. The maximum atomic E-state index is 11.5. The van der Waals surface area contributed by atoms with Crippen LogP contribution in [0, 0.1) is 5.92 Å². The molecule has 5 heteroatoms. The topological polar surface area (TPSA) is 64.8 Å². The highest BCUT2D eigenvalue weighted by Gasteiger charge is 2.21. The molecule has 100 valence electrons. The molecule has 1 fully saturated rings. The van der Waals surface area contributed by atoms with Crippen LogP contribution >= 0.6 is 0 Å². The van der Waals surface area contributed by atoms with E-state index >= 15 is 0 Å². The van der Waals surface area contributed by atoms with E-state index < -0.39 is 6.04 Å². The van der Waals surface area contributed by atoms with Gasteiger partial charge in [0, 0.05) is 19.1 Å². The highest BCUT2D eigenvalue weighted by atomic mass is 16.5. The third-order valence-corrected chi connectivity index (χ3v) is 3.12. The predicted molar refractivity (Wildman–Crippen MR) is 65.6 cm³/mol. The van der Waals surface area contributed by atoms with Gasteiger partial charge in [0.05, 0.1) is 13.2 Å². The lowest BCUT2D eigenvalue weighted by Crippen LogP contribution is -2.45. The number of nitrogens with two attached hydrogens (primary N) is 1. The summed E-state index contributed by atoms with van der Waals surface area (Å²) in [5.41, 5.74) is 5.70. The third kappa shape index (κ3) is 4.61. The predicted octanol–water partition coefficient (Wildman–Crippen LogP) is 0.234. The number of carbonyl (C=O) groups excluding carboxylic acids is 1. The van der Waals surface area contributed by atoms with Gasteiger partial charge in [0.1, 0.15) is 12.6 Å². The quantitative estimate of drug-likeness (QED) is 0.702. The molecule has 0 amide bonds. The van der Waals surface area contributed by atoms with E-state index in [0.717, 1.165) is 26.3 Å². The van der Waals surface area contributed by atoms with Gasteiger partial charge in [-0.05, 0) is 12.8 Å². The molecule has 5 nitrogen and oxygen atoms in total. The molecule has 0 saturated carbocycles. The monoisotopic (exact) mass is 244 g/mol. The lowest BCUT2D eigenvalue weighted by atomic mass is 10.1. The van der Waals surface area contributed by atoms with Gasteiger partial charge in [-0.15, -0.1) is 0 Å². The molecule has 0 radical (unpaired) electrons. The average molecular weight is 244 g/mol. The van der Waals surface area contributed by atoms with Crippen LogP contribution in [-0.4, -0.2) is 55.9 Å². The Morgan fingerprint density at radius 1 is 1.59 bits per heavy atom. The van der Waals surface area contributed by atoms with Crippen molar-refractivity contribution in [1.29, 1.82) is 0 Å². The molecule has 0 aromatic rings. The lowest BCUT2D eigenvalue weighted by Gasteiger charge is -2.32. The molecule has 2 unspecified atom stereocenters. The van der Waals surface area contributed by atoms with Crippen LogP contribution in [-0.2, 0) is 14.3 Å². The number of hydrogen-bond donors (Lipinski definition) is 1. The summed E-state index contributed by atoms with van der Waals surface area (Å²) in [5.74, 6) is -0.189. The molecule has 1 rings (SSSR count). The standard InChI is InChI=1S/C12H24N2O3/c1-9(2)11(13)12(15)17-7-5-14-4-6-16-8-10(14)3/h9-11H,4-8,13H2,1-3H3. The van der Waals surface area contributed by atoms with E-state index in [1.807, 2.05) is 13.8 Å². The zero-order chi connectivity index (χ0) is 12.8. The largest absolute Gasteiger partial charge is 0.463 e. The number of morpholine rings is 1. The zero-order valence-electron chi connectivity index (χ0n) is 11.0. The second-order valence-electron chi connectivity index (χ2n) is 4.90. The Hall–Kier alpha value is -0.650. The van der Waals surface area contributed by atoms with Gasteiger partial charge < -0.3 is 15.2 Å². The fourth-order valence-electron chi connectivity index (χ4n) is 1.73. The van der Waals surface area contributed by atoms with Crippen molar-refractivity contribution in [3.8, 4) is 0 Å². The number of hydrogen-bond acceptors (Lipinski definition) is 5. The summed E-state index contributed by atoms with van der Waals surface area (Å²) in [6, 6.07) is -0.127. The van der Waals surface area contributed by atoms with Crippen molar-refractivity contribution in [3.63, 3.8) is 0 Å². The van der Waals surface area contributed by atoms with Gasteiger partial charge in [0.25, 0.3) is 0 Å². The first-order chi connectivity index (χ1) is 8.02. The molecular weight excluding hydrogens is 220 g/mol. The van der Waals surface area contributed by atoms with E-state index in [9.17, 15) is 4.79 Å². The Labute approximate surface area is 103 Å². The van der Waals surface area contributed by atoms with Crippen molar-refractivity contribution in [3.05, 3.63) is 0 Å². The summed E-state index contributed by atoms with van der Waals surface area (Å²) >= 11 is 0. The van der Waals surface area contributed by atoms with Crippen LogP contribution < -0.4 is 5.73 Å². The summed E-state index contributed by atoms with van der Waals surface area (Å²) in [6.07, 6.45) is 0. The number of rotatable bonds is 5. The van der Waals surface area contributed by atoms with Crippen molar-refractivity contribution in [2.45, 2.75) is 32.9 Å². The van der Waals surface area contributed by atoms with Crippen molar-refractivity contribution in [2.24, 2.45) is 11.7 Å².